The molecule has 1 heterocycles. The normalized spacial score (nSPS) is 19.1. The van der Waals surface area contributed by atoms with Gasteiger partial charge in [-0.3, -0.25) is 0 Å². The molecular weight excluding hydrogens is 274 g/mol. The van der Waals surface area contributed by atoms with Crippen LogP contribution in [0.1, 0.15) is 18.4 Å². The van der Waals surface area contributed by atoms with Crippen molar-refractivity contribution in [3.8, 4) is 0 Å². The molecule has 1 amide bonds. The Morgan fingerprint density at radius 3 is 2.76 bits per heavy atom. The van der Waals surface area contributed by atoms with Gasteiger partial charge in [-0.25, -0.2) is 9.59 Å². The number of rotatable bonds is 4. The lowest BCUT2D eigenvalue weighted by molar-refractivity contribution is -0.153. The van der Waals surface area contributed by atoms with E-state index in [4.69, 9.17) is 4.74 Å². The average Bonchev–Trinajstić information content (AvgIpc) is 3.01. The van der Waals surface area contributed by atoms with Crippen molar-refractivity contribution >= 4 is 12.1 Å². The van der Waals surface area contributed by atoms with Gasteiger partial charge in [-0.05, 0) is 18.4 Å². The number of nitrogens with zero attached hydrogens (tertiary/aromatic N) is 1. The first-order valence-corrected chi connectivity index (χ1v) is 6.86. The number of benzene rings is 1. The third kappa shape index (κ3) is 3.72. The van der Waals surface area contributed by atoms with Crippen LogP contribution in [0.2, 0.25) is 0 Å². The summed E-state index contributed by atoms with van der Waals surface area (Å²) < 4.78 is 9.74. The molecule has 21 heavy (non-hydrogen) atoms. The molecule has 114 valence electrons. The van der Waals surface area contributed by atoms with E-state index in [-0.39, 0.29) is 6.61 Å². The highest BCUT2D eigenvalue weighted by Gasteiger charge is 2.38. The monoisotopic (exact) mass is 293 g/mol. The molecule has 6 heteroatoms. The Hall–Kier alpha value is -2.08. The molecule has 1 N–H and O–H groups in total. The quantitative estimate of drug-likeness (QED) is 0.847. The predicted octanol–water partition coefficient (Wildman–Crippen LogP) is 1.32. The van der Waals surface area contributed by atoms with Crippen LogP contribution in [0.4, 0.5) is 4.79 Å². The summed E-state index contributed by atoms with van der Waals surface area (Å²) in [6.07, 6.45) is -0.582. The molecule has 0 bridgehead atoms. The van der Waals surface area contributed by atoms with Gasteiger partial charge in [-0.2, -0.15) is 0 Å². The maximum Gasteiger partial charge on any atom is 0.410 e. The standard InChI is InChI=1S/C15H19NO5/c1-20-14(18)13(17)12-8-5-9-16(12)15(19)21-10-11-6-3-2-4-7-11/h2-4,6-7,12-13,17H,5,8-10H2,1H3/t12-,13?/m1/s1. The van der Waals surface area contributed by atoms with E-state index in [0.717, 1.165) is 12.0 Å². The second kappa shape index (κ2) is 7.08. The number of hydrogen-bond acceptors (Lipinski definition) is 5. The highest BCUT2D eigenvalue weighted by molar-refractivity contribution is 5.77. The van der Waals surface area contributed by atoms with E-state index in [1.54, 1.807) is 0 Å². The van der Waals surface area contributed by atoms with Crippen molar-refractivity contribution in [2.24, 2.45) is 0 Å². The molecule has 2 rings (SSSR count). The first-order chi connectivity index (χ1) is 10.1. The Kier molecular flexibility index (Phi) is 5.16. The van der Waals surface area contributed by atoms with Gasteiger partial charge < -0.3 is 19.5 Å². The zero-order valence-electron chi connectivity index (χ0n) is 11.9. The third-order valence-corrected chi connectivity index (χ3v) is 3.55. The molecule has 2 atom stereocenters. The predicted molar refractivity (Wildman–Crippen MR) is 74.4 cm³/mol. The molecule has 1 unspecified atom stereocenters. The lowest BCUT2D eigenvalue weighted by atomic mass is 10.1. The number of aliphatic hydroxyl groups excluding tert-OH is 1. The van der Waals surface area contributed by atoms with Crippen molar-refractivity contribution in [1.29, 1.82) is 0 Å². The fraction of sp³-hybridized carbons (Fsp3) is 0.467. The number of esters is 1. The summed E-state index contributed by atoms with van der Waals surface area (Å²) in [5.41, 5.74) is 0.884. The van der Waals surface area contributed by atoms with E-state index < -0.39 is 24.2 Å². The van der Waals surface area contributed by atoms with E-state index >= 15 is 0 Å². The molecule has 0 aliphatic carbocycles. The minimum absolute atomic E-state index is 0.164. The van der Waals surface area contributed by atoms with Crippen LogP contribution in [0.3, 0.4) is 0 Å². The van der Waals surface area contributed by atoms with Crippen molar-refractivity contribution in [2.75, 3.05) is 13.7 Å². The third-order valence-electron chi connectivity index (χ3n) is 3.55. The first-order valence-electron chi connectivity index (χ1n) is 6.86. The molecule has 1 aromatic rings. The lowest BCUT2D eigenvalue weighted by Gasteiger charge is -2.26. The van der Waals surface area contributed by atoms with E-state index in [1.807, 2.05) is 30.3 Å². The van der Waals surface area contributed by atoms with Gasteiger partial charge in [-0.1, -0.05) is 30.3 Å². The maximum absolute atomic E-state index is 12.1. The van der Waals surface area contributed by atoms with E-state index in [9.17, 15) is 14.7 Å². The Morgan fingerprint density at radius 2 is 2.10 bits per heavy atom. The van der Waals surface area contributed by atoms with Crippen LogP contribution in [-0.2, 0) is 20.9 Å². The van der Waals surface area contributed by atoms with E-state index in [1.165, 1.54) is 12.0 Å². The van der Waals surface area contributed by atoms with Crippen LogP contribution in [0.25, 0.3) is 0 Å². The largest absolute Gasteiger partial charge is 0.467 e. The highest BCUT2D eigenvalue weighted by atomic mass is 16.6. The van der Waals surface area contributed by atoms with Gasteiger partial charge in [0.05, 0.1) is 13.2 Å². The van der Waals surface area contributed by atoms with Crippen molar-refractivity contribution in [3.05, 3.63) is 35.9 Å². The van der Waals surface area contributed by atoms with Crippen molar-refractivity contribution in [1.82, 2.24) is 4.90 Å². The zero-order valence-corrected chi connectivity index (χ0v) is 11.9. The van der Waals surface area contributed by atoms with Gasteiger partial charge in [-0.15, -0.1) is 0 Å². The van der Waals surface area contributed by atoms with Crippen LogP contribution < -0.4 is 0 Å². The van der Waals surface area contributed by atoms with Crippen LogP contribution in [0, 0.1) is 0 Å². The van der Waals surface area contributed by atoms with Gasteiger partial charge in [0, 0.05) is 6.54 Å². The Labute approximate surface area is 123 Å². The van der Waals surface area contributed by atoms with Crippen LogP contribution >= 0.6 is 0 Å². The molecule has 1 aromatic carbocycles. The molecule has 0 aromatic heterocycles. The Balaban J connectivity index is 1.93. The van der Waals surface area contributed by atoms with Crippen LogP contribution in [0.5, 0.6) is 0 Å². The maximum atomic E-state index is 12.1. The van der Waals surface area contributed by atoms with Gasteiger partial charge in [0.1, 0.15) is 6.61 Å². The van der Waals surface area contributed by atoms with Crippen LogP contribution in [0.15, 0.2) is 30.3 Å². The molecule has 1 aliphatic rings. The molecule has 1 fully saturated rings. The number of amides is 1. The second-order valence-electron chi connectivity index (χ2n) is 4.91. The average molecular weight is 293 g/mol. The summed E-state index contributed by atoms with van der Waals surface area (Å²) in [6.45, 7) is 0.629. The smallest absolute Gasteiger partial charge is 0.410 e. The molecule has 1 saturated heterocycles. The Bertz CT molecular complexity index is 490. The van der Waals surface area contributed by atoms with Crippen molar-refractivity contribution in [3.63, 3.8) is 0 Å². The summed E-state index contributed by atoms with van der Waals surface area (Å²) >= 11 is 0. The van der Waals surface area contributed by atoms with Gasteiger partial charge in [0.2, 0.25) is 0 Å². The summed E-state index contributed by atoms with van der Waals surface area (Å²) in [6, 6.07) is 8.75. The molecular formula is C15H19NO5. The number of methoxy groups -OCH3 is 1. The summed E-state index contributed by atoms with van der Waals surface area (Å²) in [7, 11) is 1.21. The lowest BCUT2D eigenvalue weighted by Crippen LogP contribution is -2.46. The van der Waals surface area contributed by atoms with E-state index in [0.29, 0.717) is 13.0 Å². The molecule has 0 spiro atoms. The molecule has 0 saturated carbocycles. The number of carbonyl (C=O) groups is 2. The fourth-order valence-electron chi connectivity index (χ4n) is 2.43. The van der Waals surface area contributed by atoms with Gasteiger partial charge in [0.15, 0.2) is 6.10 Å². The van der Waals surface area contributed by atoms with Crippen molar-refractivity contribution in [2.45, 2.75) is 31.6 Å². The summed E-state index contributed by atoms with van der Waals surface area (Å²) in [5, 5.41) is 9.90. The number of aliphatic hydroxyl groups is 1. The summed E-state index contributed by atoms with van der Waals surface area (Å²) in [4.78, 5) is 24.9. The number of hydrogen-bond donors (Lipinski definition) is 1. The topological polar surface area (TPSA) is 76.1 Å². The summed E-state index contributed by atoms with van der Waals surface area (Å²) in [5.74, 6) is -0.734. The van der Waals surface area contributed by atoms with Crippen LogP contribution in [-0.4, -0.2) is 47.9 Å². The van der Waals surface area contributed by atoms with Gasteiger partial charge in [0.25, 0.3) is 0 Å². The van der Waals surface area contributed by atoms with Gasteiger partial charge >= 0.3 is 12.1 Å². The number of ether oxygens (including phenoxy) is 2. The SMILES string of the molecule is COC(=O)C(O)[C@H]1CCCN1C(=O)OCc1ccccc1. The fourth-order valence-corrected chi connectivity index (χ4v) is 2.43. The number of carbonyl (C=O) groups excluding carboxylic acids is 2. The van der Waals surface area contributed by atoms with E-state index in [2.05, 4.69) is 4.74 Å². The second-order valence-corrected chi connectivity index (χ2v) is 4.91. The molecule has 1 aliphatic heterocycles. The minimum Gasteiger partial charge on any atom is -0.467 e. The minimum atomic E-state index is -1.33. The first kappa shape index (κ1) is 15.3. The highest BCUT2D eigenvalue weighted by Crippen LogP contribution is 2.22. The number of likely N-dealkylation sites (tertiary alicyclic amines) is 1. The van der Waals surface area contributed by atoms with Crippen molar-refractivity contribution < 1.29 is 24.2 Å². The molecule has 0 radical (unpaired) electrons. The molecule has 6 nitrogen and oxygen atoms in total. The zero-order chi connectivity index (χ0) is 15.2. The Morgan fingerprint density at radius 1 is 1.38 bits per heavy atom.